The van der Waals surface area contributed by atoms with Crippen LogP contribution in [0.1, 0.15) is 44.6 Å². The van der Waals surface area contributed by atoms with Crippen molar-refractivity contribution in [3.8, 4) is 0 Å². The van der Waals surface area contributed by atoms with Gasteiger partial charge in [-0.3, -0.25) is 14.5 Å². The molecule has 2 aliphatic rings. The summed E-state index contributed by atoms with van der Waals surface area (Å²) in [5.41, 5.74) is 1.04. The second-order valence-corrected chi connectivity index (χ2v) is 7.21. The Morgan fingerprint density at radius 3 is 2.44 bits per heavy atom. The Hall–Kier alpha value is -1.88. The van der Waals surface area contributed by atoms with Crippen LogP contribution in [0, 0.1) is 0 Å². The molecular formula is C20H29N3O2. The van der Waals surface area contributed by atoms with Crippen LogP contribution in [0.4, 0.5) is 0 Å². The van der Waals surface area contributed by atoms with Gasteiger partial charge in [-0.2, -0.15) is 0 Å². The molecule has 5 nitrogen and oxygen atoms in total. The van der Waals surface area contributed by atoms with E-state index in [9.17, 15) is 9.59 Å². The fraction of sp³-hybridized carbons (Fsp3) is 0.600. The molecule has 0 bridgehead atoms. The van der Waals surface area contributed by atoms with Crippen molar-refractivity contribution in [2.24, 2.45) is 0 Å². The topological polar surface area (TPSA) is 52.7 Å². The van der Waals surface area contributed by atoms with Gasteiger partial charge in [-0.1, -0.05) is 37.3 Å². The van der Waals surface area contributed by atoms with Gasteiger partial charge in [0.05, 0.1) is 12.1 Å². The molecule has 136 valence electrons. The van der Waals surface area contributed by atoms with Crippen molar-refractivity contribution in [3.05, 3.63) is 35.9 Å². The number of amides is 2. The van der Waals surface area contributed by atoms with E-state index in [-0.39, 0.29) is 17.4 Å². The monoisotopic (exact) mass is 343 g/mol. The van der Waals surface area contributed by atoms with Gasteiger partial charge in [0.1, 0.15) is 0 Å². The third-order valence-corrected chi connectivity index (χ3v) is 5.52. The fourth-order valence-electron chi connectivity index (χ4n) is 3.88. The van der Waals surface area contributed by atoms with Gasteiger partial charge in [0.25, 0.3) is 0 Å². The van der Waals surface area contributed by atoms with Gasteiger partial charge in [-0.25, -0.2) is 0 Å². The summed E-state index contributed by atoms with van der Waals surface area (Å²) in [5.74, 6) is 0.308. The smallest absolute Gasteiger partial charge is 0.234 e. The van der Waals surface area contributed by atoms with Gasteiger partial charge in [0.2, 0.25) is 11.8 Å². The first-order valence-electron chi connectivity index (χ1n) is 9.49. The zero-order valence-corrected chi connectivity index (χ0v) is 15.2. The lowest BCUT2D eigenvalue weighted by Gasteiger charge is -2.43. The van der Waals surface area contributed by atoms with Crippen molar-refractivity contribution in [2.75, 3.05) is 32.7 Å². The summed E-state index contributed by atoms with van der Waals surface area (Å²) < 4.78 is 0. The Kier molecular flexibility index (Phi) is 5.74. The summed E-state index contributed by atoms with van der Waals surface area (Å²) in [4.78, 5) is 28.6. The first kappa shape index (κ1) is 17.9. The van der Waals surface area contributed by atoms with Crippen LogP contribution in [0.5, 0.6) is 0 Å². The minimum atomic E-state index is -0.172. The van der Waals surface area contributed by atoms with E-state index in [2.05, 4.69) is 22.3 Å². The molecule has 0 spiro atoms. The van der Waals surface area contributed by atoms with Crippen molar-refractivity contribution in [1.82, 2.24) is 15.1 Å². The molecule has 1 N–H and O–H groups in total. The molecule has 3 rings (SSSR count). The van der Waals surface area contributed by atoms with Crippen LogP contribution in [0.3, 0.4) is 0 Å². The van der Waals surface area contributed by atoms with Crippen LogP contribution in [0.2, 0.25) is 0 Å². The molecule has 0 aromatic heterocycles. The number of rotatable bonds is 5. The number of nitrogens with zero attached hydrogens (tertiary/aromatic N) is 2. The van der Waals surface area contributed by atoms with Crippen LogP contribution in [-0.2, 0) is 15.1 Å². The number of carbonyl (C=O) groups is 2. The van der Waals surface area contributed by atoms with E-state index in [0.29, 0.717) is 13.0 Å². The van der Waals surface area contributed by atoms with Crippen molar-refractivity contribution in [2.45, 2.75) is 44.6 Å². The first-order valence-corrected chi connectivity index (χ1v) is 9.49. The van der Waals surface area contributed by atoms with Crippen molar-refractivity contribution in [1.29, 1.82) is 0 Å². The lowest BCUT2D eigenvalue weighted by atomic mass is 9.72. The highest BCUT2D eigenvalue weighted by Gasteiger charge is 2.40. The molecule has 0 atom stereocenters. The minimum absolute atomic E-state index is 0.0961. The number of carbonyl (C=O) groups excluding carboxylic acids is 2. The van der Waals surface area contributed by atoms with E-state index < -0.39 is 0 Å². The van der Waals surface area contributed by atoms with Crippen LogP contribution in [0.25, 0.3) is 0 Å². The number of nitrogens with one attached hydrogen (secondary N) is 1. The molecule has 0 radical (unpaired) electrons. The van der Waals surface area contributed by atoms with E-state index in [4.69, 9.17) is 0 Å². The van der Waals surface area contributed by atoms with Crippen molar-refractivity contribution < 1.29 is 9.59 Å². The van der Waals surface area contributed by atoms with Crippen molar-refractivity contribution in [3.63, 3.8) is 0 Å². The van der Waals surface area contributed by atoms with Gasteiger partial charge in [0.15, 0.2) is 0 Å². The fourth-order valence-corrected chi connectivity index (χ4v) is 3.88. The largest absolute Gasteiger partial charge is 0.345 e. The lowest BCUT2D eigenvalue weighted by molar-refractivity contribution is -0.130. The summed E-state index contributed by atoms with van der Waals surface area (Å²) in [6.45, 7) is 5.50. The van der Waals surface area contributed by atoms with Crippen LogP contribution >= 0.6 is 0 Å². The van der Waals surface area contributed by atoms with Gasteiger partial charge >= 0.3 is 0 Å². The van der Waals surface area contributed by atoms with Gasteiger partial charge in [-0.05, 0) is 31.2 Å². The predicted octanol–water partition coefficient (Wildman–Crippen LogP) is 2.13. The zero-order chi connectivity index (χ0) is 17.7. The van der Waals surface area contributed by atoms with Gasteiger partial charge < -0.3 is 10.2 Å². The second-order valence-electron chi connectivity index (χ2n) is 7.21. The molecule has 1 heterocycles. The molecular weight excluding hydrogens is 314 g/mol. The van der Waals surface area contributed by atoms with E-state index in [1.54, 1.807) is 0 Å². The van der Waals surface area contributed by atoms with Gasteiger partial charge in [0, 0.05) is 32.6 Å². The van der Waals surface area contributed by atoms with E-state index in [0.717, 1.165) is 51.9 Å². The Balaban J connectivity index is 1.55. The van der Waals surface area contributed by atoms with Gasteiger partial charge in [-0.15, -0.1) is 0 Å². The molecule has 1 aliphatic heterocycles. The molecule has 1 aromatic carbocycles. The maximum Gasteiger partial charge on any atom is 0.234 e. The van der Waals surface area contributed by atoms with E-state index in [1.165, 1.54) is 5.56 Å². The summed E-state index contributed by atoms with van der Waals surface area (Å²) in [6, 6.07) is 10.3. The molecule has 0 unspecified atom stereocenters. The quantitative estimate of drug-likeness (QED) is 0.891. The van der Waals surface area contributed by atoms with Crippen molar-refractivity contribution >= 4 is 11.8 Å². The molecule has 1 aliphatic carbocycles. The predicted molar refractivity (Wildman–Crippen MR) is 98.0 cm³/mol. The average molecular weight is 343 g/mol. The SMILES string of the molecule is CCC(=O)N1CCCN(CC(=O)NC2(c3ccccc3)CCC2)CC1. The number of benzene rings is 1. The Labute approximate surface area is 150 Å². The lowest BCUT2D eigenvalue weighted by Crippen LogP contribution is -2.53. The normalized spacial score (nSPS) is 20.4. The summed E-state index contributed by atoms with van der Waals surface area (Å²) in [5, 5.41) is 3.30. The molecule has 5 heteroatoms. The first-order chi connectivity index (χ1) is 12.1. The molecule has 2 fully saturated rings. The number of hydrogen-bond donors (Lipinski definition) is 1. The molecule has 2 amide bonds. The highest BCUT2D eigenvalue weighted by molar-refractivity contribution is 5.79. The Morgan fingerprint density at radius 2 is 1.80 bits per heavy atom. The molecule has 1 saturated carbocycles. The Morgan fingerprint density at radius 1 is 1.04 bits per heavy atom. The maximum atomic E-state index is 12.6. The van der Waals surface area contributed by atoms with E-state index >= 15 is 0 Å². The molecule has 1 saturated heterocycles. The summed E-state index contributed by atoms with van der Waals surface area (Å²) in [7, 11) is 0. The van der Waals surface area contributed by atoms with Crippen LogP contribution in [0.15, 0.2) is 30.3 Å². The maximum absolute atomic E-state index is 12.6. The number of hydrogen-bond acceptors (Lipinski definition) is 3. The summed E-state index contributed by atoms with van der Waals surface area (Å²) >= 11 is 0. The van der Waals surface area contributed by atoms with Crippen LogP contribution < -0.4 is 5.32 Å². The summed E-state index contributed by atoms with van der Waals surface area (Å²) in [6.07, 6.45) is 4.68. The van der Waals surface area contributed by atoms with E-state index in [1.807, 2.05) is 30.0 Å². The molecule has 25 heavy (non-hydrogen) atoms. The van der Waals surface area contributed by atoms with Crippen LogP contribution in [-0.4, -0.2) is 54.3 Å². The Bertz CT molecular complexity index is 598. The zero-order valence-electron chi connectivity index (χ0n) is 15.2. The molecule has 1 aromatic rings. The highest BCUT2D eigenvalue weighted by Crippen LogP contribution is 2.41. The third kappa shape index (κ3) is 4.21. The minimum Gasteiger partial charge on any atom is -0.345 e. The third-order valence-electron chi connectivity index (χ3n) is 5.52. The average Bonchev–Trinajstić information content (AvgIpc) is 2.84. The highest BCUT2D eigenvalue weighted by atomic mass is 16.2. The standard InChI is InChI=1S/C20H29N3O2/c1-2-19(25)23-13-7-12-22(14-15-23)16-18(24)21-20(10-6-11-20)17-8-4-3-5-9-17/h3-5,8-9H,2,6-7,10-16H2,1H3,(H,21,24). The second kappa shape index (κ2) is 8.00.